The van der Waals surface area contributed by atoms with Crippen molar-refractivity contribution < 1.29 is 14.7 Å². The van der Waals surface area contributed by atoms with Crippen molar-refractivity contribution in [3.63, 3.8) is 0 Å². The summed E-state index contributed by atoms with van der Waals surface area (Å²) in [5.74, 6) is -1.21. The summed E-state index contributed by atoms with van der Waals surface area (Å²) in [7, 11) is 0. The number of nitrogens with one attached hydrogen (secondary N) is 1. The van der Waals surface area contributed by atoms with E-state index in [1.807, 2.05) is 0 Å². The molecule has 0 saturated heterocycles. The van der Waals surface area contributed by atoms with Crippen LogP contribution in [0.5, 0.6) is 0 Å². The number of amides is 1. The van der Waals surface area contributed by atoms with Crippen LogP contribution in [0.3, 0.4) is 0 Å². The fourth-order valence-corrected chi connectivity index (χ4v) is 1.26. The molecule has 15 heavy (non-hydrogen) atoms. The number of carbonyl (C=O) groups is 2. The Balaban J connectivity index is 2.19. The lowest BCUT2D eigenvalue weighted by Gasteiger charge is -2.05. The molecule has 78 valence electrons. The minimum atomic E-state index is -1.14. The molecule has 0 unspecified atom stereocenters. The molecule has 5 nitrogen and oxygen atoms in total. The minimum Gasteiger partial charge on any atom is -0.476 e. The second-order valence-corrected chi connectivity index (χ2v) is 3.47. The van der Waals surface area contributed by atoms with Crippen molar-refractivity contribution >= 4 is 17.6 Å². The van der Waals surface area contributed by atoms with Gasteiger partial charge in [-0.05, 0) is 25.0 Å². The molecule has 1 saturated carbocycles. The smallest absolute Gasteiger partial charge is 0.356 e. The van der Waals surface area contributed by atoms with Crippen LogP contribution >= 0.6 is 0 Å². The third-order valence-corrected chi connectivity index (χ3v) is 2.22. The van der Waals surface area contributed by atoms with Gasteiger partial charge < -0.3 is 10.4 Å². The van der Waals surface area contributed by atoms with Gasteiger partial charge in [-0.25, -0.2) is 9.78 Å². The molecule has 0 aromatic carbocycles. The first-order valence-corrected chi connectivity index (χ1v) is 4.67. The zero-order chi connectivity index (χ0) is 10.8. The quantitative estimate of drug-likeness (QED) is 0.776. The van der Waals surface area contributed by atoms with Gasteiger partial charge >= 0.3 is 5.97 Å². The zero-order valence-electron chi connectivity index (χ0n) is 7.93. The van der Waals surface area contributed by atoms with Crippen LogP contribution in [-0.4, -0.2) is 22.0 Å². The van der Waals surface area contributed by atoms with Crippen molar-refractivity contribution in [1.82, 2.24) is 4.98 Å². The van der Waals surface area contributed by atoms with E-state index in [1.165, 1.54) is 12.3 Å². The number of carboxylic acids is 1. The van der Waals surface area contributed by atoms with Crippen molar-refractivity contribution in [2.45, 2.75) is 12.8 Å². The number of hydrogen-bond donors (Lipinski definition) is 2. The third kappa shape index (κ3) is 2.12. The molecule has 2 N–H and O–H groups in total. The van der Waals surface area contributed by atoms with E-state index < -0.39 is 5.97 Å². The molecule has 1 heterocycles. The van der Waals surface area contributed by atoms with Crippen molar-refractivity contribution in [1.29, 1.82) is 0 Å². The Bertz CT molecular complexity index is 413. The van der Waals surface area contributed by atoms with Crippen LogP contribution in [0.25, 0.3) is 0 Å². The standard InChI is InChI=1S/C10H10N2O3/c13-9(6-3-4-6)12-7-2-1-5-11-8(7)10(14)15/h1-2,5-6H,3-4H2,(H,12,13)(H,14,15). The van der Waals surface area contributed by atoms with E-state index >= 15 is 0 Å². The van der Waals surface area contributed by atoms with Crippen LogP contribution in [0, 0.1) is 5.92 Å². The van der Waals surface area contributed by atoms with Gasteiger partial charge in [-0.15, -0.1) is 0 Å². The van der Waals surface area contributed by atoms with E-state index in [1.54, 1.807) is 6.07 Å². The predicted molar refractivity (Wildman–Crippen MR) is 52.6 cm³/mol. The molecule has 0 spiro atoms. The number of anilines is 1. The molecular weight excluding hydrogens is 196 g/mol. The Morgan fingerprint density at radius 2 is 2.20 bits per heavy atom. The molecule has 5 heteroatoms. The molecule has 0 bridgehead atoms. The Labute approximate surface area is 86.1 Å². The van der Waals surface area contributed by atoms with Crippen molar-refractivity contribution in [3.05, 3.63) is 24.0 Å². The van der Waals surface area contributed by atoms with Crippen LogP contribution in [0.4, 0.5) is 5.69 Å². The number of nitrogens with zero attached hydrogens (tertiary/aromatic N) is 1. The second-order valence-electron chi connectivity index (χ2n) is 3.47. The van der Waals surface area contributed by atoms with Gasteiger partial charge in [0.1, 0.15) is 0 Å². The molecule has 1 aliphatic rings. The van der Waals surface area contributed by atoms with Gasteiger partial charge in [0.05, 0.1) is 5.69 Å². The van der Waals surface area contributed by atoms with Crippen LogP contribution in [0.1, 0.15) is 23.3 Å². The van der Waals surface area contributed by atoms with Gasteiger partial charge in [0.2, 0.25) is 5.91 Å². The Hall–Kier alpha value is -1.91. The lowest BCUT2D eigenvalue weighted by Crippen LogP contribution is -2.16. The third-order valence-electron chi connectivity index (χ3n) is 2.22. The Morgan fingerprint density at radius 3 is 2.80 bits per heavy atom. The lowest BCUT2D eigenvalue weighted by atomic mass is 10.2. The fourth-order valence-electron chi connectivity index (χ4n) is 1.26. The van der Waals surface area contributed by atoms with E-state index in [2.05, 4.69) is 10.3 Å². The summed E-state index contributed by atoms with van der Waals surface area (Å²) >= 11 is 0. The SMILES string of the molecule is O=C(O)c1ncccc1NC(=O)C1CC1. The summed E-state index contributed by atoms with van der Waals surface area (Å²) in [5.41, 5.74) is 0.147. The molecular formula is C10H10N2O3. The van der Waals surface area contributed by atoms with Crippen LogP contribution in [-0.2, 0) is 4.79 Å². The highest BCUT2D eigenvalue weighted by Crippen LogP contribution is 2.30. The monoisotopic (exact) mass is 206 g/mol. The topological polar surface area (TPSA) is 79.3 Å². The zero-order valence-corrected chi connectivity index (χ0v) is 7.93. The van der Waals surface area contributed by atoms with E-state index in [0.717, 1.165) is 12.8 Å². The first-order chi connectivity index (χ1) is 7.18. The summed E-state index contributed by atoms with van der Waals surface area (Å²) in [5, 5.41) is 11.4. The van der Waals surface area contributed by atoms with Gasteiger partial charge in [0.15, 0.2) is 5.69 Å². The molecule has 2 rings (SSSR count). The highest BCUT2D eigenvalue weighted by Gasteiger charge is 2.30. The number of carbonyl (C=O) groups excluding carboxylic acids is 1. The number of rotatable bonds is 3. The summed E-state index contributed by atoms with van der Waals surface area (Å²) < 4.78 is 0. The van der Waals surface area contributed by atoms with E-state index in [-0.39, 0.29) is 23.2 Å². The molecule has 0 atom stereocenters. The Kier molecular flexibility index (Phi) is 2.37. The highest BCUT2D eigenvalue weighted by molar-refractivity contribution is 6.00. The van der Waals surface area contributed by atoms with E-state index in [0.29, 0.717) is 0 Å². The number of carboxylic acid groups (broad SMARTS) is 1. The van der Waals surface area contributed by atoms with Gasteiger partial charge in [-0.3, -0.25) is 4.79 Å². The van der Waals surface area contributed by atoms with Crippen molar-refractivity contribution in [2.24, 2.45) is 5.92 Å². The maximum atomic E-state index is 11.4. The minimum absolute atomic E-state index is 0.0480. The molecule has 1 aromatic heterocycles. The fraction of sp³-hybridized carbons (Fsp3) is 0.300. The maximum absolute atomic E-state index is 11.4. The summed E-state index contributed by atoms with van der Waals surface area (Å²) in [6, 6.07) is 3.13. The van der Waals surface area contributed by atoms with Crippen molar-refractivity contribution in [2.75, 3.05) is 5.32 Å². The van der Waals surface area contributed by atoms with Gasteiger partial charge in [-0.1, -0.05) is 0 Å². The highest BCUT2D eigenvalue weighted by atomic mass is 16.4. The summed E-state index contributed by atoms with van der Waals surface area (Å²) in [6.45, 7) is 0. The lowest BCUT2D eigenvalue weighted by molar-refractivity contribution is -0.117. The molecule has 1 fully saturated rings. The first kappa shape index (κ1) is 9.64. The van der Waals surface area contributed by atoms with Crippen molar-refractivity contribution in [3.8, 4) is 0 Å². The number of pyridine rings is 1. The normalized spacial score (nSPS) is 14.7. The molecule has 0 radical (unpaired) electrons. The van der Waals surface area contributed by atoms with Gasteiger partial charge in [0.25, 0.3) is 0 Å². The van der Waals surface area contributed by atoms with E-state index in [9.17, 15) is 9.59 Å². The van der Waals surface area contributed by atoms with Gasteiger partial charge in [0, 0.05) is 12.1 Å². The average molecular weight is 206 g/mol. The van der Waals surface area contributed by atoms with Crippen LogP contribution < -0.4 is 5.32 Å². The number of aromatic nitrogens is 1. The van der Waals surface area contributed by atoms with E-state index in [4.69, 9.17) is 5.11 Å². The summed E-state index contributed by atoms with van der Waals surface area (Å²) in [6.07, 6.45) is 3.15. The largest absolute Gasteiger partial charge is 0.476 e. The second kappa shape index (κ2) is 3.68. The number of aromatic carboxylic acids is 1. The van der Waals surface area contributed by atoms with Crippen LogP contribution in [0.2, 0.25) is 0 Å². The van der Waals surface area contributed by atoms with Gasteiger partial charge in [-0.2, -0.15) is 0 Å². The predicted octanol–water partition coefficient (Wildman–Crippen LogP) is 1.13. The molecule has 1 amide bonds. The molecule has 0 aliphatic heterocycles. The molecule has 1 aliphatic carbocycles. The first-order valence-electron chi connectivity index (χ1n) is 4.67. The summed E-state index contributed by atoms with van der Waals surface area (Å²) in [4.78, 5) is 25.9. The molecule has 1 aromatic rings. The Morgan fingerprint density at radius 1 is 1.47 bits per heavy atom. The number of hydrogen-bond acceptors (Lipinski definition) is 3. The van der Waals surface area contributed by atoms with Crippen LogP contribution in [0.15, 0.2) is 18.3 Å². The maximum Gasteiger partial charge on any atom is 0.356 e. The average Bonchev–Trinajstić information content (AvgIpc) is 3.01.